The standard InChI is InChI=1S/C30H34Cl2FN3O6S/c1-6-19(2)34-30(38)20(3)35(17-24-25(31)8-7-9-26(24)32)29(37)18-36(22-12-10-21(33)11-13-22)43(39,40)23-14-15-27(41-4)28(16-23)42-5/h7-16,19-20H,6,17-18H2,1-5H3,(H,34,38). The summed E-state index contributed by atoms with van der Waals surface area (Å²) in [7, 11) is -1.67. The van der Waals surface area contributed by atoms with Crippen molar-refractivity contribution in [2.24, 2.45) is 0 Å². The molecular formula is C30H34Cl2FN3O6S. The van der Waals surface area contributed by atoms with Crippen molar-refractivity contribution in [2.45, 2.75) is 50.7 Å². The highest BCUT2D eigenvalue weighted by Crippen LogP contribution is 2.33. The number of nitrogens with zero attached hydrogens (tertiary/aromatic N) is 2. The van der Waals surface area contributed by atoms with Gasteiger partial charge in [-0.25, -0.2) is 12.8 Å². The summed E-state index contributed by atoms with van der Waals surface area (Å²) in [5.41, 5.74) is 0.412. The number of sulfonamides is 1. The van der Waals surface area contributed by atoms with E-state index in [1.165, 1.54) is 56.4 Å². The third-order valence-corrected chi connectivity index (χ3v) is 9.37. The molecule has 0 aliphatic carbocycles. The molecule has 0 radical (unpaired) electrons. The minimum Gasteiger partial charge on any atom is -0.493 e. The minimum absolute atomic E-state index is 0.0250. The van der Waals surface area contributed by atoms with Gasteiger partial charge in [0.05, 0.1) is 24.8 Å². The molecular weight excluding hydrogens is 620 g/mol. The first kappa shape index (κ1) is 34.0. The second kappa shape index (κ2) is 14.8. The van der Waals surface area contributed by atoms with Crippen molar-refractivity contribution in [1.29, 1.82) is 0 Å². The van der Waals surface area contributed by atoms with Crippen LogP contribution in [0.3, 0.4) is 0 Å². The van der Waals surface area contributed by atoms with Crippen LogP contribution in [-0.4, -0.2) is 58.0 Å². The van der Waals surface area contributed by atoms with Crippen molar-refractivity contribution in [3.05, 3.63) is 82.1 Å². The molecule has 0 heterocycles. The Morgan fingerprint density at radius 3 is 2.12 bits per heavy atom. The van der Waals surface area contributed by atoms with Gasteiger partial charge in [-0.2, -0.15) is 0 Å². The van der Waals surface area contributed by atoms with E-state index in [0.29, 0.717) is 17.7 Å². The number of benzene rings is 3. The minimum atomic E-state index is -4.44. The van der Waals surface area contributed by atoms with Gasteiger partial charge < -0.3 is 19.7 Å². The topological polar surface area (TPSA) is 105 Å². The summed E-state index contributed by atoms with van der Waals surface area (Å²) in [6.45, 7) is 4.35. The molecule has 1 N–H and O–H groups in total. The highest BCUT2D eigenvalue weighted by atomic mass is 35.5. The SMILES string of the molecule is CCC(C)NC(=O)C(C)N(Cc1c(Cl)cccc1Cl)C(=O)CN(c1ccc(F)cc1)S(=O)(=O)c1ccc(OC)c(OC)c1. The first-order chi connectivity index (χ1) is 20.3. The number of hydrogen-bond acceptors (Lipinski definition) is 6. The van der Waals surface area contributed by atoms with Crippen molar-refractivity contribution in [3.8, 4) is 11.5 Å². The van der Waals surface area contributed by atoms with Crippen molar-refractivity contribution < 1.29 is 31.9 Å². The Kier molecular flexibility index (Phi) is 11.7. The molecule has 2 amide bonds. The molecule has 3 aromatic carbocycles. The van der Waals surface area contributed by atoms with E-state index in [2.05, 4.69) is 5.32 Å². The van der Waals surface area contributed by atoms with Gasteiger partial charge in [0.1, 0.15) is 18.4 Å². The number of hydrogen-bond donors (Lipinski definition) is 1. The number of halogens is 3. The Balaban J connectivity index is 2.10. The molecule has 0 aliphatic rings. The molecule has 13 heteroatoms. The van der Waals surface area contributed by atoms with Gasteiger partial charge in [-0.3, -0.25) is 13.9 Å². The number of carbonyl (C=O) groups is 2. The maximum atomic E-state index is 14.1. The molecule has 43 heavy (non-hydrogen) atoms. The Labute approximate surface area is 261 Å². The zero-order valence-corrected chi connectivity index (χ0v) is 26.8. The highest BCUT2D eigenvalue weighted by molar-refractivity contribution is 7.92. The third-order valence-electron chi connectivity index (χ3n) is 6.89. The predicted octanol–water partition coefficient (Wildman–Crippen LogP) is 5.68. The second-order valence-corrected chi connectivity index (χ2v) is 12.4. The van der Waals surface area contributed by atoms with Gasteiger partial charge in [0.25, 0.3) is 10.0 Å². The van der Waals surface area contributed by atoms with E-state index >= 15 is 0 Å². The van der Waals surface area contributed by atoms with Gasteiger partial charge in [-0.15, -0.1) is 0 Å². The molecule has 0 saturated heterocycles. The van der Waals surface area contributed by atoms with Crippen LogP contribution in [0.25, 0.3) is 0 Å². The van der Waals surface area contributed by atoms with Gasteiger partial charge in [-0.05, 0) is 68.8 Å². The lowest BCUT2D eigenvalue weighted by molar-refractivity contribution is -0.139. The van der Waals surface area contributed by atoms with Crippen LogP contribution in [0.2, 0.25) is 10.0 Å². The summed E-state index contributed by atoms with van der Waals surface area (Å²) < 4.78 is 53.3. The fourth-order valence-corrected chi connectivity index (χ4v) is 6.09. The van der Waals surface area contributed by atoms with Crippen molar-refractivity contribution in [3.63, 3.8) is 0 Å². The number of ether oxygens (including phenoxy) is 2. The highest BCUT2D eigenvalue weighted by Gasteiger charge is 2.34. The lowest BCUT2D eigenvalue weighted by Crippen LogP contribution is -2.52. The Hall–Kier alpha value is -3.54. The molecule has 3 rings (SSSR count). The van der Waals surface area contributed by atoms with E-state index in [-0.39, 0.29) is 39.0 Å². The number of rotatable bonds is 13. The Morgan fingerprint density at radius 1 is 0.953 bits per heavy atom. The van der Waals surface area contributed by atoms with E-state index in [9.17, 15) is 22.4 Å². The molecule has 0 spiro atoms. The van der Waals surface area contributed by atoms with Crippen LogP contribution in [0, 0.1) is 5.82 Å². The number of amides is 2. The summed E-state index contributed by atoms with van der Waals surface area (Å²) in [6.07, 6.45) is 0.657. The average molecular weight is 655 g/mol. The quantitative estimate of drug-likeness (QED) is 0.255. The van der Waals surface area contributed by atoms with Crippen molar-refractivity contribution in [2.75, 3.05) is 25.1 Å². The fraction of sp³-hybridized carbons (Fsp3) is 0.333. The lowest BCUT2D eigenvalue weighted by atomic mass is 10.1. The van der Waals surface area contributed by atoms with Crippen LogP contribution in [-0.2, 0) is 26.2 Å². The zero-order chi connectivity index (χ0) is 31.9. The van der Waals surface area contributed by atoms with Gasteiger partial charge in [-0.1, -0.05) is 36.2 Å². The molecule has 0 aliphatic heterocycles. The molecule has 232 valence electrons. The number of nitrogens with one attached hydrogen (secondary N) is 1. The zero-order valence-electron chi connectivity index (χ0n) is 24.4. The third kappa shape index (κ3) is 8.10. The molecule has 2 unspecified atom stereocenters. The number of methoxy groups -OCH3 is 2. The Morgan fingerprint density at radius 2 is 1.56 bits per heavy atom. The normalized spacial score (nSPS) is 12.7. The molecule has 2 atom stereocenters. The predicted molar refractivity (Wildman–Crippen MR) is 165 cm³/mol. The monoisotopic (exact) mass is 653 g/mol. The first-order valence-electron chi connectivity index (χ1n) is 13.4. The Bertz CT molecular complexity index is 1540. The van der Waals surface area contributed by atoms with E-state index < -0.39 is 40.2 Å². The van der Waals surface area contributed by atoms with Crippen molar-refractivity contribution in [1.82, 2.24) is 10.2 Å². The molecule has 9 nitrogen and oxygen atoms in total. The lowest BCUT2D eigenvalue weighted by Gasteiger charge is -2.33. The van der Waals surface area contributed by atoms with Crippen LogP contribution < -0.4 is 19.1 Å². The number of carbonyl (C=O) groups excluding carboxylic acids is 2. The second-order valence-electron chi connectivity index (χ2n) is 9.72. The van der Waals surface area contributed by atoms with Gasteiger partial charge in [0, 0.05) is 34.3 Å². The summed E-state index contributed by atoms with van der Waals surface area (Å²) in [6, 6.07) is 12.3. The average Bonchev–Trinajstić information content (AvgIpc) is 2.99. The first-order valence-corrected chi connectivity index (χ1v) is 15.6. The molecule has 0 fully saturated rings. The molecule has 0 bridgehead atoms. The molecule has 0 saturated carbocycles. The smallest absolute Gasteiger partial charge is 0.264 e. The summed E-state index contributed by atoms with van der Waals surface area (Å²) >= 11 is 12.8. The summed E-state index contributed by atoms with van der Waals surface area (Å²) in [5, 5.41) is 3.40. The largest absolute Gasteiger partial charge is 0.493 e. The van der Waals surface area contributed by atoms with Crippen LogP contribution in [0.1, 0.15) is 32.8 Å². The molecule has 3 aromatic rings. The van der Waals surface area contributed by atoms with Crippen LogP contribution >= 0.6 is 23.2 Å². The van der Waals surface area contributed by atoms with E-state index in [1.54, 1.807) is 18.2 Å². The van der Waals surface area contributed by atoms with Crippen LogP contribution in [0.5, 0.6) is 11.5 Å². The maximum Gasteiger partial charge on any atom is 0.264 e. The van der Waals surface area contributed by atoms with Gasteiger partial charge in [0.2, 0.25) is 11.8 Å². The van der Waals surface area contributed by atoms with E-state index in [0.717, 1.165) is 16.4 Å². The fourth-order valence-electron chi connectivity index (χ4n) is 4.14. The number of anilines is 1. The summed E-state index contributed by atoms with van der Waals surface area (Å²) in [4.78, 5) is 28.3. The van der Waals surface area contributed by atoms with Crippen molar-refractivity contribution >= 4 is 50.7 Å². The van der Waals surface area contributed by atoms with Gasteiger partial charge >= 0.3 is 0 Å². The van der Waals surface area contributed by atoms with E-state index in [4.69, 9.17) is 32.7 Å². The summed E-state index contributed by atoms with van der Waals surface area (Å²) in [5.74, 6) is -1.31. The van der Waals surface area contributed by atoms with Gasteiger partial charge in [0.15, 0.2) is 11.5 Å². The maximum absolute atomic E-state index is 14.1. The molecule has 0 aromatic heterocycles. The van der Waals surface area contributed by atoms with E-state index in [1.807, 2.05) is 13.8 Å². The van der Waals surface area contributed by atoms with Crippen LogP contribution in [0.15, 0.2) is 65.6 Å². The van der Waals surface area contributed by atoms with Crippen LogP contribution in [0.4, 0.5) is 10.1 Å².